The molecule has 16 heavy (non-hydrogen) atoms. The lowest BCUT2D eigenvalue weighted by Crippen LogP contribution is -2.43. The molecule has 1 amide bonds. The Labute approximate surface area is 93.7 Å². The van der Waals surface area contributed by atoms with Gasteiger partial charge in [-0.05, 0) is 0 Å². The van der Waals surface area contributed by atoms with Crippen molar-refractivity contribution in [2.75, 3.05) is 20.2 Å². The van der Waals surface area contributed by atoms with Crippen LogP contribution >= 0.6 is 0 Å². The first-order valence-electron chi connectivity index (χ1n) is 5.17. The summed E-state index contributed by atoms with van der Waals surface area (Å²) < 4.78 is 4.43. The zero-order valence-corrected chi connectivity index (χ0v) is 9.27. The molecule has 0 aliphatic carbocycles. The molecule has 0 bridgehead atoms. The Morgan fingerprint density at radius 1 is 1.44 bits per heavy atom. The lowest BCUT2D eigenvalue weighted by Gasteiger charge is -2.26. The van der Waals surface area contributed by atoms with E-state index in [2.05, 4.69) is 4.74 Å². The Balaban J connectivity index is 2.40. The molecule has 2 N–H and O–H groups in total. The summed E-state index contributed by atoms with van der Waals surface area (Å²) in [6.45, 7) is 0.844. The van der Waals surface area contributed by atoms with Crippen LogP contribution < -0.4 is 5.73 Å². The molecular formula is C10H16N2O4. The van der Waals surface area contributed by atoms with Crippen molar-refractivity contribution in [1.29, 1.82) is 0 Å². The SMILES string of the molecule is COC(=O)C(N)CC(=O)N1CCC(=O)CC1. The second-order valence-corrected chi connectivity index (χ2v) is 3.75. The molecule has 1 fully saturated rings. The molecule has 0 spiro atoms. The lowest BCUT2D eigenvalue weighted by molar-refractivity contribution is -0.146. The molecule has 1 unspecified atom stereocenters. The monoisotopic (exact) mass is 228 g/mol. The number of piperidine rings is 1. The first-order valence-corrected chi connectivity index (χ1v) is 5.17. The number of Topliss-reactive ketones (excluding diaryl/α,β-unsaturated/α-hetero) is 1. The van der Waals surface area contributed by atoms with E-state index in [1.165, 1.54) is 7.11 Å². The number of likely N-dealkylation sites (tertiary alicyclic amines) is 1. The molecule has 1 aliphatic heterocycles. The number of nitrogens with zero attached hydrogens (tertiary/aromatic N) is 1. The third-order valence-corrected chi connectivity index (χ3v) is 2.57. The maximum atomic E-state index is 11.7. The summed E-state index contributed by atoms with van der Waals surface area (Å²) in [5, 5.41) is 0. The second-order valence-electron chi connectivity index (χ2n) is 3.75. The van der Waals surface area contributed by atoms with Crippen LogP contribution in [0.4, 0.5) is 0 Å². The first kappa shape index (κ1) is 12.6. The molecule has 1 saturated heterocycles. The molecule has 0 aromatic carbocycles. The zero-order chi connectivity index (χ0) is 12.1. The van der Waals surface area contributed by atoms with Crippen molar-refractivity contribution in [2.45, 2.75) is 25.3 Å². The van der Waals surface area contributed by atoms with Crippen LogP contribution in [0.15, 0.2) is 0 Å². The minimum Gasteiger partial charge on any atom is -0.468 e. The Morgan fingerprint density at radius 3 is 2.50 bits per heavy atom. The van der Waals surface area contributed by atoms with Gasteiger partial charge in [-0.3, -0.25) is 14.4 Å². The van der Waals surface area contributed by atoms with Gasteiger partial charge in [-0.1, -0.05) is 0 Å². The van der Waals surface area contributed by atoms with Gasteiger partial charge in [0.15, 0.2) is 0 Å². The molecule has 1 rings (SSSR count). The molecule has 0 radical (unpaired) electrons. The molecule has 0 saturated carbocycles. The van der Waals surface area contributed by atoms with Crippen LogP contribution in [0.1, 0.15) is 19.3 Å². The van der Waals surface area contributed by atoms with E-state index in [1.54, 1.807) is 4.90 Å². The van der Waals surface area contributed by atoms with Crippen molar-refractivity contribution in [3.8, 4) is 0 Å². The van der Waals surface area contributed by atoms with Gasteiger partial charge in [0.2, 0.25) is 5.91 Å². The van der Waals surface area contributed by atoms with Crippen LogP contribution in [-0.4, -0.2) is 48.8 Å². The molecule has 90 valence electrons. The van der Waals surface area contributed by atoms with E-state index in [1.807, 2.05) is 0 Å². The number of rotatable bonds is 3. The Morgan fingerprint density at radius 2 is 2.00 bits per heavy atom. The van der Waals surface area contributed by atoms with Gasteiger partial charge in [-0.2, -0.15) is 0 Å². The van der Waals surface area contributed by atoms with Gasteiger partial charge in [-0.25, -0.2) is 0 Å². The minimum absolute atomic E-state index is 0.0686. The highest BCUT2D eigenvalue weighted by Crippen LogP contribution is 2.08. The topological polar surface area (TPSA) is 89.7 Å². The van der Waals surface area contributed by atoms with Crippen molar-refractivity contribution in [2.24, 2.45) is 5.73 Å². The van der Waals surface area contributed by atoms with Gasteiger partial charge >= 0.3 is 5.97 Å². The largest absolute Gasteiger partial charge is 0.468 e. The summed E-state index contributed by atoms with van der Waals surface area (Å²) in [6, 6.07) is -0.921. The van der Waals surface area contributed by atoms with E-state index >= 15 is 0 Å². The second kappa shape index (κ2) is 5.60. The fourth-order valence-corrected chi connectivity index (χ4v) is 1.56. The highest BCUT2D eigenvalue weighted by atomic mass is 16.5. The third-order valence-electron chi connectivity index (χ3n) is 2.57. The van der Waals surface area contributed by atoms with Crippen molar-refractivity contribution in [3.05, 3.63) is 0 Å². The standard InChI is InChI=1S/C10H16N2O4/c1-16-10(15)8(11)6-9(14)12-4-2-7(13)3-5-12/h8H,2-6,11H2,1H3. The molecular weight excluding hydrogens is 212 g/mol. The van der Waals surface area contributed by atoms with Gasteiger partial charge < -0.3 is 15.4 Å². The van der Waals surface area contributed by atoms with Crippen LogP contribution in [0.3, 0.4) is 0 Å². The normalized spacial score (nSPS) is 18.1. The number of ketones is 1. The van der Waals surface area contributed by atoms with Gasteiger partial charge in [0.25, 0.3) is 0 Å². The van der Waals surface area contributed by atoms with Gasteiger partial charge in [-0.15, -0.1) is 0 Å². The van der Waals surface area contributed by atoms with E-state index in [-0.39, 0.29) is 18.1 Å². The zero-order valence-electron chi connectivity index (χ0n) is 9.27. The Kier molecular flexibility index (Phi) is 4.42. The van der Waals surface area contributed by atoms with E-state index in [0.717, 1.165) is 0 Å². The molecule has 1 heterocycles. The number of amides is 1. The quantitative estimate of drug-likeness (QED) is 0.630. The smallest absolute Gasteiger partial charge is 0.323 e. The van der Waals surface area contributed by atoms with Crippen molar-refractivity contribution in [3.63, 3.8) is 0 Å². The molecule has 1 aliphatic rings. The van der Waals surface area contributed by atoms with Gasteiger partial charge in [0.1, 0.15) is 11.8 Å². The fraction of sp³-hybridized carbons (Fsp3) is 0.700. The highest BCUT2D eigenvalue weighted by molar-refractivity contribution is 5.87. The third kappa shape index (κ3) is 3.30. The molecule has 0 aromatic rings. The summed E-state index contributed by atoms with van der Waals surface area (Å²) in [5.74, 6) is -0.631. The average molecular weight is 228 g/mol. The number of carbonyl (C=O) groups excluding carboxylic acids is 3. The number of hydrogen-bond acceptors (Lipinski definition) is 5. The highest BCUT2D eigenvalue weighted by Gasteiger charge is 2.24. The lowest BCUT2D eigenvalue weighted by atomic mass is 10.1. The summed E-state index contributed by atoms with van der Waals surface area (Å²) >= 11 is 0. The van der Waals surface area contributed by atoms with Crippen molar-refractivity contribution in [1.82, 2.24) is 4.90 Å². The number of hydrogen-bond donors (Lipinski definition) is 1. The van der Waals surface area contributed by atoms with E-state index in [9.17, 15) is 14.4 Å². The maximum absolute atomic E-state index is 11.7. The fourth-order valence-electron chi connectivity index (χ4n) is 1.56. The Hall–Kier alpha value is -1.43. The van der Waals surface area contributed by atoms with Crippen LogP contribution in [-0.2, 0) is 19.1 Å². The number of methoxy groups -OCH3 is 1. The number of esters is 1. The molecule has 6 nitrogen and oxygen atoms in total. The van der Waals surface area contributed by atoms with Crippen molar-refractivity contribution < 1.29 is 19.1 Å². The van der Waals surface area contributed by atoms with E-state index in [0.29, 0.717) is 25.9 Å². The first-order chi connectivity index (χ1) is 7.54. The van der Waals surface area contributed by atoms with Gasteiger partial charge in [0, 0.05) is 25.9 Å². The van der Waals surface area contributed by atoms with Crippen LogP contribution in [0, 0.1) is 0 Å². The summed E-state index contributed by atoms with van der Waals surface area (Å²) in [5.41, 5.74) is 5.47. The Bertz CT molecular complexity index is 293. The molecule has 0 aromatic heterocycles. The maximum Gasteiger partial charge on any atom is 0.323 e. The number of ether oxygens (including phenoxy) is 1. The van der Waals surface area contributed by atoms with Crippen LogP contribution in [0.5, 0.6) is 0 Å². The van der Waals surface area contributed by atoms with Crippen LogP contribution in [0.25, 0.3) is 0 Å². The van der Waals surface area contributed by atoms with Crippen molar-refractivity contribution >= 4 is 17.7 Å². The van der Waals surface area contributed by atoms with Crippen LogP contribution in [0.2, 0.25) is 0 Å². The summed E-state index contributed by atoms with van der Waals surface area (Å²) in [7, 11) is 1.23. The van der Waals surface area contributed by atoms with E-state index < -0.39 is 12.0 Å². The summed E-state index contributed by atoms with van der Waals surface area (Å²) in [6.07, 6.45) is 0.708. The van der Waals surface area contributed by atoms with Gasteiger partial charge in [0.05, 0.1) is 13.5 Å². The predicted molar refractivity (Wildman–Crippen MR) is 55.4 cm³/mol. The molecule has 6 heteroatoms. The molecule has 1 atom stereocenters. The number of nitrogens with two attached hydrogens (primary N) is 1. The average Bonchev–Trinajstić information content (AvgIpc) is 2.28. The predicted octanol–water partition coefficient (Wildman–Crippen LogP) is -0.932. The van der Waals surface area contributed by atoms with E-state index in [4.69, 9.17) is 5.73 Å². The summed E-state index contributed by atoms with van der Waals surface area (Å²) in [4.78, 5) is 35.2. The minimum atomic E-state index is -0.921. The number of carbonyl (C=O) groups is 3.